The standard InChI is InChI=1S/C10H19NO2S.C10H17NO2S.B.Na.H/c2*1-10(2,3)13-9(12)11-6-4-8(14)5-7-11;;;/h8,14H,4-7H2,1-3H3;4-7H2,1-3H3;;;/q;;;+1;-1. The van der Waals surface area contributed by atoms with Gasteiger partial charge in [0.2, 0.25) is 0 Å². The van der Waals surface area contributed by atoms with Crippen molar-refractivity contribution < 1.29 is 50.0 Å². The van der Waals surface area contributed by atoms with Crippen molar-refractivity contribution in [1.82, 2.24) is 9.80 Å². The number of ether oxygens (including phenoxy) is 2. The number of thiocarbonyl (C=S) groups is 1. The van der Waals surface area contributed by atoms with E-state index in [-0.39, 0.29) is 51.6 Å². The van der Waals surface area contributed by atoms with Gasteiger partial charge in [0.1, 0.15) is 11.2 Å². The van der Waals surface area contributed by atoms with Crippen LogP contribution in [0.2, 0.25) is 0 Å². The summed E-state index contributed by atoms with van der Waals surface area (Å²) in [7, 11) is 0. The first kappa shape index (κ1) is 32.2. The number of hydrogen-bond donors (Lipinski definition) is 1. The molecule has 2 rings (SSSR count). The van der Waals surface area contributed by atoms with Gasteiger partial charge in [0, 0.05) is 39.8 Å². The van der Waals surface area contributed by atoms with E-state index in [1.165, 1.54) is 0 Å². The summed E-state index contributed by atoms with van der Waals surface area (Å²) < 4.78 is 10.5. The summed E-state index contributed by atoms with van der Waals surface area (Å²) in [6.07, 6.45) is 3.16. The Balaban J connectivity index is -0.000000461. The van der Waals surface area contributed by atoms with Crippen LogP contribution in [0.4, 0.5) is 9.59 Å². The van der Waals surface area contributed by atoms with E-state index >= 15 is 0 Å². The van der Waals surface area contributed by atoms with Gasteiger partial charge in [0.25, 0.3) is 0 Å². The van der Waals surface area contributed by atoms with Crippen molar-refractivity contribution in [2.75, 3.05) is 26.2 Å². The molecule has 2 saturated heterocycles. The van der Waals surface area contributed by atoms with Gasteiger partial charge in [0.05, 0.1) is 0 Å². The molecule has 0 spiro atoms. The third-order valence-electron chi connectivity index (χ3n) is 4.09. The van der Waals surface area contributed by atoms with Crippen molar-refractivity contribution in [3.8, 4) is 0 Å². The van der Waals surface area contributed by atoms with Crippen molar-refractivity contribution in [2.24, 2.45) is 0 Å². The molecule has 0 aromatic rings. The molecule has 0 unspecified atom stereocenters. The van der Waals surface area contributed by atoms with Crippen LogP contribution in [0.15, 0.2) is 0 Å². The largest absolute Gasteiger partial charge is 1.00 e. The first-order valence-electron chi connectivity index (χ1n) is 9.92. The molecule has 0 N–H and O–H groups in total. The molecule has 3 radical (unpaired) electrons. The molecule has 2 aliphatic heterocycles. The van der Waals surface area contributed by atoms with Gasteiger partial charge in [-0.1, -0.05) is 12.2 Å². The van der Waals surface area contributed by atoms with E-state index in [2.05, 4.69) is 12.6 Å². The topological polar surface area (TPSA) is 59.1 Å². The van der Waals surface area contributed by atoms with Crippen LogP contribution in [-0.2, 0) is 9.47 Å². The Kier molecular flexibility index (Phi) is 15.3. The monoisotopic (exact) mass is 467 g/mol. The van der Waals surface area contributed by atoms with Crippen LogP contribution in [0.5, 0.6) is 0 Å². The van der Waals surface area contributed by atoms with Crippen LogP contribution in [-0.4, -0.2) is 77.9 Å². The molecule has 30 heavy (non-hydrogen) atoms. The summed E-state index contributed by atoms with van der Waals surface area (Å²) in [4.78, 5) is 27.7. The number of rotatable bonds is 0. The summed E-state index contributed by atoms with van der Waals surface area (Å²) in [6.45, 7) is 14.2. The number of carbonyl (C=O) groups excluding carboxylic acids is 2. The molecular weight excluding hydrogens is 430 g/mol. The van der Waals surface area contributed by atoms with Crippen LogP contribution in [0.3, 0.4) is 0 Å². The molecule has 2 heterocycles. The van der Waals surface area contributed by atoms with Gasteiger partial charge >= 0.3 is 41.7 Å². The number of amides is 2. The van der Waals surface area contributed by atoms with Crippen molar-refractivity contribution in [3.63, 3.8) is 0 Å². The minimum Gasteiger partial charge on any atom is -1.00 e. The van der Waals surface area contributed by atoms with E-state index in [1.54, 1.807) is 9.80 Å². The molecule has 10 heteroatoms. The Hall–Kier alpha value is 0.0449. The van der Waals surface area contributed by atoms with Crippen LogP contribution >= 0.6 is 24.8 Å². The Morgan fingerprint density at radius 1 is 0.900 bits per heavy atom. The van der Waals surface area contributed by atoms with E-state index in [9.17, 15) is 9.59 Å². The second-order valence-electron chi connectivity index (χ2n) is 9.20. The van der Waals surface area contributed by atoms with E-state index in [4.69, 9.17) is 21.7 Å². The van der Waals surface area contributed by atoms with Crippen molar-refractivity contribution >= 4 is 50.3 Å². The zero-order valence-corrected chi connectivity index (χ0v) is 23.4. The number of piperidine rings is 2. The molecule has 0 bridgehead atoms. The van der Waals surface area contributed by atoms with Gasteiger partial charge in [-0.15, -0.1) is 0 Å². The second kappa shape index (κ2) is 14.2. The third kappa shape index (κ3) is 14.2. The van der Waals surface area contributed by atoms with Crippen molar-refractivity contribution in [1.29, 1.82) is 0 Å². The van der Waals surface area contributed by atoms with Gasteiger partial charge in [-0.3, -0.25) is 0 Å². The number of hydrogen-bond acceptors (Lipinski definition) is 6. The molecule has 6 nitrogen and oxygen atoms in total. The summed E-state index contributed by atoms with van der Waals surface area (Å²) in [5, 5.41) is 0.439. The summed E-state index contributed by atoms with van der Waals surface area (Å²) in [5.74, 6) is 0. The molecule has 2 aliphatic rings. The molecule has 0 saturated carbocycles. The maximum atomic E-state index is 11.6. The Morgan fingerprint density at radius 3 is 1.57 bits per heavy atom. The molecule has 0 atom stereocenters. The minimum atomic E-state index is -0.408. The Morgan fingerprint density at radius 2 is 1.23 bits per heavy atom. The van der Waals surface area contributed by atoms with Crippen LogP contribution in [0.1, 0.15) is 68.7 Å². The third-order valence-corrected chi connectivity index (χ3v) is 5.01. The maximum Gasteiger partial charge on any atom is 1.00 e. The predicted molar refractivity (Wildman–Crippen MR) is 126 cm³/mol. The zero-order valence-electron chi connectivity index (χ0n) is 20.7. The number of likely N-dealkylation sites (tertiary alicyclic amines) is 2. The van der Waals surface area contributed by atoms with Gasteiger partial charge < -0.3 is 20.7 Å². The molecule has 0 aromatic heterocycles. The van der Waals surface area contributed by atoms with E-state index in [1.807, 2.05) is 41.5 Å². The average Bonchev–Trinajstić information content (AvgIpc) is 2.53. The van der Waals surface area contributed by atoms with Gasteiger partial charge in [0.15, 0.2) is 0 Å². The molecule has 2 amide bonds. The fourth-order valence-electron chi connectivity index (χ4n) is 2.64. The summed E-state index contributed by atoms with van der Waals surface area (Å²) in [6, 6.07) is 0. The SMILES string of the molecule is CC(C)(C)OC(=O)N1CCC(=S)CC1.CC(C)(C)OC(=O)N1CCC(S)CC1.[B].[H-].[Na+]. The number of nitrogens with zero attached hydrogens (tertiary/aromatic N) is 2. The quantitative estimate of drug-likeness (QED) is 0.332. The zero-order chi connectivity index (χ0) is 21.5. The smallest absolute Gasteiger partial charge is 1.00 e. The van der Waals surface area contributed by atoms with Crippen molar-refractivity contribution in [2.45, 2.75) is 83.7 Å². The minimum absolute atomic E-state index is 0. The molecule has 0 aromatic carbocycles. The maximum absolute atomic E-state index is 11.6. The van der Waals surface area contributed by atoms with Crippen LogP contribution in [0, 0.1) is 0 Å². The second-order valence-corrected chi connectivity index (χ2v) is 10.5. The van der Waals surface area contributed by atoms with E-state index in [0.717, 1.165) is 43.6 Å². The summed E-state index contributed by atoms with van der Waals surface area (Å²) in [5.41, 5.74) is -0.802. The normalized spacial score (nSPS) is 17.6. The molecule has 2 fully saturated rings. The van der Waals surface area contributed by atoms with Crippen LogP contribution < -0.4 is 29.6 Å². The van der Waals surface area contributed by atoms with E-state index in [0.29, 0.717) is 18.3 Å². The Labute approximate surface area is 218 Å². The van der Waals surface area contributed by atoms with Gasteiger partial charge in [-0.05, 0) is 72.1 Å². The first-order valence-corrected chi connectivity index (χ1v) is 10.8. The molecular formula is C20H37BN2NaO4S2. The fourth-order valence-corrected chi connectivity index (χ4v) is 3.05. The fraction of sp³-hybridized carbons (Fsp3) is 0.850. The molecule has 167 valence electrons. The summed E-state index contributed by atoms with van der Waals surface area (Å²) >= 11 is 9.45. The van der Waals surface area contributed by atoms with Gasteiger partial charge in [-0.25, -0.2) is 9.59 Å². The molecule has 0 aliphatic carbocycles. The van der Waals surface area contributed by atoms with Gasteiger partial charge in [-0.2, -0.15) is 12.6 Å². The van der Waals surface area contributed by atoms with Crippen LogP contribution in [0.25, 0.3) is 0 Å². The van der Waals surface area contributed by atoms with Crippen molar-refractivity contribution in [3.05, 3.63) is 0 Å². The Bertz CT molecular complexity index is 556. The first-order chi connectivity index (χ1) is 12.8. The average molecular weight is 467 g/mol. The van der Waals surface area contributed by atoms with E-state index < -0.39 is 11.2 Å². The number of carbonyl (C=O) groups is 2. The number of thiol groups is 1. The predicted octanol–water partition coefficient (Wildman–Crippen LogP) is 1.44.